The second kappa shape index (κ2) is 7.34. The third-order valence-electron chi connectivity index (χ3n) is 4.46. The third kappa shape index (κ3) is 3.61. The smallest absolute Gasteiger partial charge is 0.126 e. The number of anilines is 1. The van der Waals surface area contributed by atoms with E-state index < -0.39 is 0 Å². The number of rotatable bonds is 5. The highest BCUT2D eigenvalue weighted by atomic mass is 16.5. The van der Waals surface area contributed by atoms with E-state index in [2.05, 4.69) is 54.8 Å². The molecular formula is C19H28N4O. The molecule has 0 bridgehead atoms. The summed E-state index contributed by atoms with van der Waals surface area (Å²) in [6, 6.07) is 4.99. The minimum atomic E-state index is 0.377. The average Bonchev–Trinajstić information content (AvgIpc) is 3.01. The van der Waals surface area contributed by atoms with Gasteiger partial charge in [-0.3, -0.25) is 4.68 Å². The van der Waals surface area contributed by atoms with Crippen LogP contribution in [0.4, 0.5) is 5.82 Å². The largest absolute Gasteiger partial charge is 0.381 e. The van der Waals surface area contributed by atoms with E-state index in [1.165, 1.54) is 11.3 Å². The monoisotopic (exact) mass is 328 g/mol. The summed E-state index contributed by atoms with van der Waals surface area (Å²) in [5.41, 5.74) is 3.63. The van der Waals surface area contributed by atoms with Crippen LogP contribution in [0.25, 0.3) is 11.3 Å². The van der Waals surface area contributed by atoms with Crippen LogP contribution in [0, 0.1) is 0 Å². The third-order valence-corrected chi connectivity index (χ3v) is 4.46. The van der Waals surface area contributed by atoms with Gasteiger partial charge in [-0.15, -0.1) is 0 Å². The molecule has 3 rings (SSSR count). The molecule has 0 atom stereocenters. The summed E-state index contributed by atoms with van der Waals surface area (Å²) in [7, 11) is 0. The predicted octanol–water partition coefficient (Wildman–Crippen LogP) is 4.24. The highest BCUT2D eigenvalue weighted by molar-refractivity contribution is 5.64. The van der Waals surface area contributed by atoms with Gasteiger partial charge in [-0.25, -0.2) is 4.98 Å². The molecule has 1 saturated heterocycles. The summed E-state index contributed by atoms with van der Waals surface area (Å²) < 4.78 is 7.71. The topological polar surface area (TPSA) is 52.0 Å². The lowest BCUT2D eigenvalue weighted by Crippen LogP contribution is -2.21. The Balaban J connectivity index is 1.96. The number of hydrogen-bond donors (Lipinski definition) is 1. The lowest BCUT2D eigenvalue weighted by molar-refractivity contribution is 0.0667. The molecule has 5 heteroatoms. The fourth-order valence-corrected chi connectivity index (χ4v) is 3.22. The Morgan fingerprint density at radius 1 is 1.12 bits per heavy atom. The van der Waals surface area contributed by atoms with Gasteiger partial charge in [-0.1, -0.05) is 13.8 Å². The van der Waals surface area contributed by atoms with Crippen LogP contribution < -0.4 is 5.32 Å². The lowest BCUT2D eigenvalue weighted by Gasteiger charge is -2.25. The molecule has 0 aliphatic carbocycles. The zero-order valence-electron chi connectivity index (χ0n) is 15.1. The SMILES string of the molecule is CC(C)Nc1ccc(-c2c(C(C)C)cnn2C2CCOCC2)cn1. The number of nitrogens with zero attached hydrogens (tertiary/aromatic N) is 3. The van der Waals surface area contributed by atoms with Gasteiger partial charge in [0, 0.05) is 36.6 Å². The van der Waals surface area contributed by atoms with Crippen molar-refractivity contribution in [1.82, 2.24) is 14.8 Å². The number of nitrogens with one attached hydrogen (secondary N) is 1. The number of aromatic nitrogens is 3. The maximum Gasteiger partial charge on any atom is 0.126 e. The second-order valence-electron chi connectivity index (χ2n) is 7.12. The summed E-state index contributed by atoms with van der Waals surface area (Å²) in [6.07, 6.45) is 6.03. The van der Waals surface area contributed by atoms with Gasteiger partial charge in [0.15, 0.2) is 0 Å². The van der Waals surface area contributed by atoms with Gasteiger partial charge in [-0.05, 0) is 44.7 Å². The maximum atomic E-state index is 5.51. The Morgan fingerprint density at radius 2 is 1.88 bits per heavy atom. The van der Waals surface area contributed by atoms with E-state index >= 15 is 0 Å². The maximum absolute atomic E-state index is 5.51. The van der Waals surface area contributed by atoms with Gasteiger partial charge >= 0.3 is 0 Å². The van der Waals surface area contributed by atoms with Crippen molar-refractivity contribution in [3.8, 4) is 11.3 Å². The van der Waals surface area contributed by atoms with Gasteiger partial charge in [0.2, 0.25) is 0 Å². The minimum Gasteiger partial charge on any atom is -0.381 e. The summed E-state index contributed by atoms with van der Waals surface area (Å²) >= 11 is 0. The summed E-state index contributed by atoms with van der Waals surface area (Å²) in [6.45, 7) is 10.3. The lowest BCUT2D eigenvalue weighted by atomic mass is 9.99. The first-order chi connectivity index (χ1) is 11.6. The fourth-order valence-electron chi connectivity index (χ4n) is 3.22. The van der Waals surface area contributed by atoms with Crippen LogP contribution in [0.15, 0.2) is 24.5 Å². The van der Waals surface area contributed by atoms with Crippen LogP contribution in [-0.4, -0.2) is 34.0 Å². The summed E-state index contributed by atoms with van der Waals surface area (Å²) in [5.74, 6) is 1.35. The fraction of sp³-hybridized carbons (Fsp3) is 0.579. The summed E-state index contributed by atoms with van der Waals surface area (Å²) in [4.78, 5) is 4.58. The van der Waals surface area contributed by atoms with E-state index in [4.69, 9.17) is 9.84 Å². The van der Waals surface area contributed by atoms with Crippen LogP contribution in [0.5, 0.6) is 0 Å². The highest BCUT2D eigenvalue weighted by Gasteiger charge is 2.23. The van der Waals surface area contributed by atoms with Crippen molar-refractivity contribution in [3.63, 3.8) is 0 Å². The number of hydrogen-bond acceptors (Lipinski definition) is 4. The highest BCUT2D eigenvalue weighted by Crippen LogP contribution is 2.34. The van der Waals surface area contributed by atoms with Crippen LogP contribution in [0.3, 0.4) is 0 Å². The van der Waals surface area contributed by atoms with Crippen LogP contribution in [-0.2, 0) is 4.74 Å². The van der Waals surface area contributed by atoms with Crippen molar-refractivity contribution in [2.24, 2.45) is 0 Å². The van der Waals surface area contributed by atoms with E-state index in [1.54, 1.807) is 0 Å². The van der Waals surface area contributed by atoms with Crippen LogP contribution in [0.2, 0.25) is 0 Å². The Kier molecular flexibility index (Phi) is 5.19. The molecule has 24 heavy (non-hydrogen) atoms. The minimum absolute atomic E-state index is 0.377. The molecule has 0 aromatic carbocycles. The Labute approximate surface area is 144 Å². The molecule has 0 saturated carbocycles. The molecule has 1 aliphatic heterocycles. The van der Waals surface area contributed by atoms with Crippen molar-refractivity contribution in [2.75, 3.05) is 18.5 Å². The molecule has 2 aromatic heterocycles. The molecule has 0 amide bonds. The van der Waals surface area contributed by atoms with Gasteiger partial charge in [0.1, 0.15) is 5.82 Å². The van der Waals surface area contributed by atoms with Crippen molar-refractivity contribution in [1.29, 1.82) is 0 Å². The molecule has 0 spiro atoms. The van der Waals surface area contributed by atoms with Crippen LogP contribution >= 0.6 is 0 Å². The van der Waals surface area contributed by atoms with E-state index in [0.717, 1.165) is 37.4 Å². The molecule has 1 fully saturated rings. The predicted molar refractivity (Wildman–Crippen MR) is 97.4 cm³/mol. The normalized spacial score (nSPS) is 16.1. The Morgan fingerprint density at radius 3 is 2.46 bits per heavy atom. The molecule has 3 heterocycles. The molecule has 1 N–H and O–H groups in total. The van der Waals surface area contributed by atoms with Crippen molar-refractivity contribution in [2.45, 2.75) is 58.5 Å². The zero-order valence-corrected chi connectivity index (χ0v) is 15.1. The average molecular weight is 328 g/mol. The molecule has 1 aliphatic rings. The first-order valence-corrected chi connectivity index (χ1v) is 8.94. The van der Waals surface area contributed by atoms with E-state index in [1.807, 2.05) is 12.4 Å². The molecule has 0 unspecified atom stereocenters. The van der Waals surface area contributed by atoms with Crippen LogP contribution in [0.1, 0.15) is 58.1 Å². The standard InChI is InChI=1S/C19H28N4O/c1-13(2)17-12-21-23(16-7-9-24-10-8-16)19(17)15-5-6-18(20-11-15)22-14(3)4/h5-6,11-14,16H,7-10H2,1-4H3,(H,20,22). The molecular weight excluding hydrogens is 300 g/mol. The Bertz CT molecular complexity index is 655. The van der Waals surface area contributed by atoms with Gasteiger partial charge < -0.3 is 10.1 Å². The van der Waals surface area contributed by atoms with Gasteiger partial charge in [0.05, 0.1) is 17.9 Å². The first kappa shape index (κ1) is 17.0. The van der Waals surface area contributed by atoms with E-state index in [-0.39, 0.29) is 0 Å². The van der Waals surface area contributed by atoms with Crippen molar-refractivity contribution >= 4 is 5.82 Å². The Hall–Kier alpha value is -1.88. The first-order valence-electron chi connectivity index (χ1n) is 8.94. The summed E-state index contributed by atoms with van der Waals surface area (Å²) in [5, 5.41) is 8.07. The second-order valence-corrected chi connectivity index (χ2v) is 7.12. The molecule has 0 radical (unpaired) electrons. The van der Waals surface area contributed by atoms with E-state index in [9.17, 15) is 0 Å². The number of ether oxygens (including phenoxy) is 1. The van der Waals surface area contributed by atoms with Gasteiger partial charge in [-0.2, -0.15) is 5.10 Å². The number of pyridine rings is 1. The molecule has 2 aromatic rings. The van der Waals surface area contributed by atoms with Crippen molar-refractivity contribution < 1.29 is 4.74 Å². The van der Waals surface area contributed by atoms with E-state index in [0.29, 0.717) is 18.0 Å². The molecule has 5 nitrogen and oxygen atoms in total. The quantitative estimate of drug-likeness (QED) is 0.892. The van der Waals surface area contributed by atoms with Gasteiger partial charge in [0.25, 0.3) is 0 Å². The van der Waals surface area contributed by atoms with Crippen molar-refractivity contribution in [3.05, 3.63) is 30.1 Å². The zero-order chi connectivity index (χ0) is 17.1. The molecule has 130 valence electrons.